The minimum absolute atomic E-state index is 0.0499. The zero-order chi connectivity index (χ0) is 36.8. The van der Waals surface area contributed by atoms with Gasteiger partial charge in [0.25, 0.3) is 17.7 Å². The van der Waals surface area contributed by atoms with Gasteiger partial charge in [-0.15, -0.1) is 33.3 Å². The number of nitrogens with one attached hydrogen (secondary N) is 2. The number of phenols is 2. The molecule has 0 saturated carbocycles. The largest absolute Gasteiger partial charge is 0.504 e. The van der Waals surface area contributed by atoms with Gasteiger partial charge in [-0.2, -0.15) is 5.21 Å². The van der Waals surface area contributed by atoms with Crippen molar-refractivity contribution in [3.8, 4) is 11.5 Å². The lowest BCUT2D eigenvalue weighted by atomic mass is 10.0. The van der Waals surface area contributed by atoms with Gasteiger partial charge in [-0.1, -0.05) is 16.8 Å². The van der Waals surface area contributed by atoms with Crippen molar-refractivity contribution in [1.82, 2.24) is 40.7 Å². The van der Waals surface area contributed by atoms with Crippen LogP contribution in [-0.2, 0) is 19.2 Å². The molecule has 2 aromatic heterocycles. The molecule has 7 N–H and O–H groups in total. The second-order valence-electron chi connectivity index (χ2n) is 12.8. The lowest BCUT2D eigenvalue weighted by Gasteiger charge is -2.51. The molecule has 0 bridgehead atoms. The molecule has 1 aromatic carbocycles. The quantitative estimate of drug-likeness (QED) is 0.0534. The summed E-state index contributed by atoms with van der Waals surface area (Å²) < 4.78 is 0.520. The van der Waals surface area contributed by atoms with E-state index >= 15 is 0 Å². The lowest BCUT2D eigenvalue weighted by Crippen LogP contribution is -2.70. The number of fused-ring (bicyclic) bond motifs is 1. The molecule has 2 saturated heterocycles. The van der Waals surface area contributed by atoms with Crippen molar-refractivity contribution in [2.24, 2.45) is 5.16 Å². The highest BCUT2D eigenvalue weighted by Gasteiger charge is 2.54. The smallest absolute Gasteiger partial charge is 0.350 e. The Morgan fingerprint density at radius 3 is 2.61 bits per heavy atom. The number of aromatic hydroxyl groups is 2. The Bertz CT molecular complexity index is 1960. The summed E-state index contributed by atoms with van der Waals surface area (Å²) in [6.45, 7) is 4.90. The topological polar surface area (TPSA) is 262 Å². The third kappa shape index (κ3) is 6.88. The second kappa shape index (κ2) is 13.6. The number of thioether (sulfide) groups is 1. The zero-order valence-electron chi connectivity index (χ0n) is 27.4. The van der Waals surface area contributed by atoms with Gasteiger partial charge in [0.2, 0.25) is 11.4 Å². The van der Waals surface area contributed by atoms with Crippen LogP contribution in [0.2, 0.25) is 5.02 Å². The highest BCUT2D eigenvalue weighted by Crippen LogP contribution is 2.44. The summed E-state index contributed by atoms with van der Waals surface area (Å²) in [6.07, 6.45) is 0. The highest BCUT2D eigenvalue weighted by atomic mass is 35.5. The van der Waals surface area contributed by atoms with E-state index in [0.29, 0.717) is 48.7 Å². The molecule has 51 heavy (non-hydrogen) atoms. The number of thiazole rings is 1. The van der Waals surface area contributed by atoms with Gasteiger partial charge >= 0.3 is 5.97 Å². The Kier molecular flexibility index (Phi) is 9.57. The summed E-state index contributed by atoms with van der Waals surface area (Å²) >= 11 is 8.62. The molecular weight excluding hydrogens is 730 g/mol. The van der Waals surface area contributed by atoms with Crippen molar-refractivity contribution in [3.63, 3.8) is 0 Å². The number of hydrogen-bond donors (Lipinski definition) is 6. The average Bonchev–Trinajstić information content (AvgIpc) is 3.78. The molecule has 19 nitrogen and oxygen atoms in total. The molecule has 3 aliphatic heterocycles. The molecule has 0 aliphatic carbocycles. The van der Waals surface area contributed by atoms with Gasteiger partial charge in [0.1, 0.15) is 23.7 Å². The number of nitrogen functional groups attached to an aromatic ring is 1. The number of phenolic OH excluding ortho intramolecular Hbond substituents is 2. The Balaban J connectivity index is 1.18. The van der Waals surface area contributed by atoms with E-state index in [4.69, 9.17) is 22.2 Å². The number of aromatic amines is 1. The number of anilines is 1. The summed E-state index contributed by atoms with van der Waals surface area (Å²) in [5, 5.41) is 50.9. The number of aliphatic carboxylic acids is 1. The first-order chi connectivity index (χ1) is 24.1. The minimum atomic E-state index is -1.76. The predicted octanol–water partition coefficient (Wildman–Crippen LogP) is 0.301. The first kappa shape index (κ1) is 35.8. The number of carbonyl (C=O) groups is 4. The van der Waals surface area contributed by atoms with Gasteiger partial charge < -0.3 is 40.6 Å². The molecule has 22 heteroatoms. The van der Waals surface area contributed by atoms with Gasteiger partial charge in [0.05, 0.1) is 49.5 Å². The fourth-order valence-electron chi connectivity index (χ4n) is 5.75. The molecule has 2 fully saturated rings. The number of likely N-dealkylation sites (N-methyl/N-ethyl adjacent to an activating group) is 1. The zero-order valence-corrected chi connectivity index (χ0v) is 29.8. The number of carboxylic acids is 1. The van der Waals surface area contributed by atoms with E-state index in [9.17, 15) is 34.5 Å². The third-order valence-electron chi connectivity index (χ3n) is 8.76. The van der Waals surface area contributed by atoms with E-state index in [1.807, 2.05) is 7.05 Å². The summed E-state index contributed by atoms with van der Waals surface area (Å²) in [6, 6.07) is 1.60. The number of hydrogen-bond acceptors (Lipinski definition) is 15. The fraction of sp³-hybridized carbons (Fsp3) is 0.414. The number of quaternary nitrogens is 1. The van der Waals surface area contributed by atoms with E-state index in [1.54, 1.807) is 4.90 Å². The Morgan fingerprint density at radius 1 is 1.25 bits per heavy atom. The number of nitrogens with zero attached hydrogens (tertiary/aromatic N) is 8. The van der Waals surface area contributed by atoms with Crippen LogP contribution in [0.5, 0.6) is 11.5 Å². The number of piperazine rings is 1. The molecule has 2 atom stereocenters. The summed E-state index contributed by atoms with van der Waals surface area (Å²) in [4.78, 5) is 64.5. The lowest BCUT2D eigenvalue weighted by molar-refractivity contribution is -0.908. The number of β-lactam (4-membered cyclic amide) rings is 1. The van der Waals surface area contributed by atoms with Crippen molar-refractivity contribution in [1.29, 1.82) is 0 Å². The molecule has 0 unspecified atom stereocenters. The van der Waals surface area contributed by atoms with Gasteiger partial charge in [-0.3, -0.25) is 19.3 Å². The van der Waals surface area contributed by atoms with Crippen LogP contribution in [0.1, 0.15) is 35.7 Å². The maximum atomic E-state index is 13.8. The number of H-pyrrole nitrogens is 1. The van der Waals surface area contributed by atoms with Gasteiger partial charge in [0, 0.05) is 16.7 Å². The van der Waals surface area contributed by atoms with Crippen LogP contribution in [0, 0.1) is 0 Å². The summed E-state index contributed by atoms with van der Waals surface area (Å²) in [5.41, 5.74) is 5.13. The number of tetrazole rings is 1. The van der Waals surface area contributed by atoms with E-state index < -0.39 is 46.3 Å². The normalized spacial score (nSPS) is 20.5. The number of amides is 3. The van der Waals surface area contributed by atoms with Crippen LogP contribution in [0.4, 0.5) is 5.13 Å². The number of rotatable bonds is 10. The number of benzene rings is 1. The summed E-state index contributed by atoms with van der Waals surface area (Å²) in [5.74, 6) is -3.23. The average molecular weight is 763 g/mol. The van der Waals surface area contributed by atoms with Crippen LogP contribution >= 0.6 is 34.7 Å². The van der Waals surface area contributed by atoms with E-state index in [-0.39, 0.29) is 38.9 Å². The van der Waals surface area contributed by atoms with Gasteiger partial charge in [0.15, 0.2) is 22.3 Å². The van der Waals surface area contributed by atoms with E-state index in [2.05, 4.69) is 36.1 Å². The van der Waals surface area contributed by atoms with Crippen LogP contribution < -0.4 is 11.1 Å². The molecule has 270 valence electrons. The number of halogens is 1. The monoisotopic (exact) mass is 762 g/mol. The van der Waals surface area contributed by atoms with Crippen molar-refractivity contribution in [3.05, 3.63) is 45.2 Å². The van der Waals surface area contributed by atoms with Crippen LogP contribution in [0.15, 0.2) is 28.2 Å². The molecule has 3 aliphatic rings. The maximum absolute atomic E-state index is 13.8. The number of oxime groups is 1. The fourth-order valence-corrected chi connectivity index (χ4v) is 7.87. The summed E-state index contributed by atoms with van der Waals surface area (Å²) in [7, 11) is 2.04. The number of carbonyl (C=O) groups excluding carboxylic acids is 3. The standard InChI is InChI=1S/C29H32ClN11O8S2/c1-29(2,27(47)48)49-36-18(15-12-51-28(31)32-15)23(44)33-19-25(46)40-20(22-34-37-38-35-22)13(11-50-26(19)40)10-41(3)8-6-39(7-9-41)24(45)14-4-5-16(42)21(43)17(14)30/h4-5,12,19,26H,6-11H2,1-3H3,(H6-,31,32,33,34,35,36,37,38,42,43,44,45,47,48)/p+1/t19-,26-/m1/s1. The number of aromatic nitrogens is 5. The highest BCUT2D eigenvalue weighted by molar-refractivity contribution is 8.00. The SMILES string of the molecule is CC(C)(O/N=C(\C(=O)N[C@@H]1C(=O)N2C(c3nn[nH]n3)=C(C[N+]3(C)CCN(C(=O)c4ccc(O)c(O)c4Cl)CC3)CS[C@H]12)c1csc(N)n1)C(=O)O. The second-order valence-corrected chi connectivity index (χ2v) is 15.2. The first-order valence-corrected chi connectivity index (χ1v) is 17.7. The third-order valence-corrected chi connectivity index (χ3v) is 11.2. The molecule has 3 amide bonds. The van der Waals surface area contributed by atoms with E-state index in [1.165, 1.54) is 48.0 Å². The minimum Gasteiger partial charge on any atom is -0.504 e. The molecule has 3 aromatic rings. The maximum Gasteiger partial charge on any atom is 0.350 e. The van der Waals surface area contributed by atoms with Crippen molar-refractivity contribution in [2.45, 2.75) is 30.9 Å². The van der Waals surface area contributed by atoms with E-state index in [0.717, 1.165) is 16.9 Å². The van der Waals surface area contributed by atoms with Gasteiger partial charge in [-0.25, -0.2) is 9.78 Å². The molecule has 0 spiro atoms. The Morgan fingerprint density at radius 2 is 1.98 bits per heavy atom. The molecular formula is C29H33ClN11O8S2+. The van der Waals surface area contributed by atoms with Crippen molar-refractivity contribution < 1.29 is 43.8 Å². The Hall–Kier alpha value is -4.99. The van der Waals surface area contributed by atoms with Crippen LogP contribution in [-0.4, -0.2) is 147 Å². The van der Waals surface area contributed by atoms with Crippen molar-refractivity contribution >= 4 is 74.9 Å². The molecule has 6 rings (SSSR count). The van der Waals surface area contributed by atoms with Crippen LogP contribution in [0.3, 0.4) is 0 Å². The van der Waals surface area contributed by atoms with Crippen LogP contribution in [0.25, 0.3) is 5.70 Å². The molecule has 0 radical (unpaired) electrons. The number of carboxylic acid groups (broad SMARTS) is 1. The first-order valence-electron chi connectivity index (χ1n) is 15.4. The van der Waals surface area contributed by atoms with Crippen molar-refractivity contribution in [2.75, 3.05) is 51.3 Å². The number of nitrogens with two attached hydrogens (primary N) is 1. The molecule has 5 heterocycles. The van der Waals surface area contributed by atoms with Gasteiger partial charge in [-0.05, 0) is 31.2 Å². The Labute approximate surface area is 302 Å². The predicted molar refractivity (Wildman–Crippen MR) is 183 cm³/mol.